The summed E-state index contributed by atoms with van der Waals surface area (Å²) < 4.78 is 8.04. The molecule has 0 amide bonds. The molecule has 0 unspecified atom stereocenters. The van der Waals surface area contributed by atoms with Crippen LogP contribution in [0.25, 0.3) is 22.3 Å². The summed E-state index contributed by atoms with van der Waals surface area (Å²) in [5, 5.41) is 15.0. The van der Waals surface area contributed by atoms with E-state index in [9.17, 15) is 0 Å². The van der Waals surface area contributed by atoms with Crippen LogP contribution in [0.3, 0.4) is 0 Å². The summed E-state index contributed by atoms with van der Waals surface area (Å²) in [5.41, 5.74) is 9.44. The Hall–Kier alpha value is -4.00. The van der Waals surface area contributed by atoms with Gasteiger partial charge in [-0.15, -0.1) is 0 Å². The molecule has 9 nitrogen and oxygen atoms in total. The summed E-state index contributed by atoms with van der Waals surface area (Å²) in [4.78, 5) is 14.0. The molecule has 0 atom stereocenters. The molecule has 2 aliphatic rings. The molecule has 1 aliphatic carbocycles. The first-order chi connectivity index (χ1) is 18.6. The number of fused-ring (bicyclic) bond motifs is 1. The summed E-state index contributed by atoms with van der Waals surface area (Å²) in [6.45, 7) is 4.63. The summed E-state index contributed by atoms with van der Waals surface area (Å²) in [7, 11) is 2.21. The zero-order valence-corrected chi connectivity index (χ0v) is 21.6. The molecule has 0 bridgehead atoms. The molecule has 1 aliphatic heterocycles. The highest BCUT2D eigenvalue weighted by atomic mass is 16.5. The standard InChI is InChI=1S/C29H32N8O/c1-35-13-15-36(16-14-35)22-7-9-23(10-8-22)37-29-26(28(31)32-19-33-29)27(34-37)21-5-11-24(12-6-21)38-25-4-2-3-20(17-25)18-30/h2-6,11-12,17,19,22-23H,7-10,13-16H2,1H3,(H2,31,32,33)/t22-,23+. The van der Waals surface area contributed by atoms with Crippen LogP contribution in [-0.2, 0) is 0 Å². The summed E-state index contributed by atoms with van der Waals surface area (Å²) in [6, 6.07) is 18.0. The highest BCUT2D eigenvalue weighted by molar-refractivity contribution is 5.98. The maximum Gasteiger partial charge on any atom is 0.164 e. The lowest BCUT2D eigenvalue weighted by Crippen LogP contribution is -2.49. The van der Waals surface area contributed by atoms with Crippen LogP contribution in [0.5, 0.6) is 11.5 Å². The van der Waals surface area contributed by atoms with E-state index in [0.717, 1.165) is 61.3 Å². The largest absolute Gasteiger partial charge is 0.457 e. The van der Waals surface area contributed by atoms with Gasteiger partial charge < -0.3 is 15.4 Å². The Labute approximate surface area is 222 Å². The molecule has 0 radical (unpaired) electrons. The summed E-state index contributed by atoms with van der Waals surface area (Å²) >= 11 is 0. The lowest BCUT2D eigenvalue weighted by atomic mass is 9.90. The number of aromatic nitrogens is 4. The third-order valence-electron chi connectivity index (χ3n) is 7.91. The van der Waals surface area contributed by atoms with E-state index >= 15 is 0 Å². The Morgan fingerprint density at radius 1 is 0.921 bits per heavy atom. The molecule has 6 rings (SSSR count). The maximum atomic E-state index is 9.14. The SMILES string of the molecule is CN1CCN([C@H]2CC[C@@H](n3nc(-c4ccc(Oc5cccc(C#N)c5)cc4)c4c(N)ncnc43)CC2)CC1. The van der Waals surface area contributed by atoms with Gasteiger partial charge in [-0.1, -0.05) is 6.07 Å². The van der Waals surface area contributed by atoms with Crippen LogP contribution in [0.2, 0.25) is 0 Å². The quantitative estimate of drug-likeness (QED) is 0.421. The first-order valence-corrected chi connectivity index (χ1v) is 13.3. The van der Waals surface area contributed by atoms with Gasteiger partial charge in [0.05, 0.1) is 23.1 Å². The number of anilines is 1. The van der Waals surface area contributed by atoms with Crippen LogP contribution in [-0.4, -0.2) is 68.8 Å². The highest BCUT2D eigenvalue weighted by Crippen LogP contribution is 2.37. The third kappa shape index (κ3) is 4.80. The van der Waals surface area contributed by atoms with Crippen molar-refractivity contribution in [1.29, 1.82) is 5.26 Å². The fraction of sp³-hybridized carbons (Fsp3) is 0.379. The Morgan fingerprint density at radius 2 is 1.66 bits per heavy atom. The molecule has 0 spiro atoms. The fourth-order valence-corrected chi connectivity index (χ4v) is 5.75. The van der Waals surface area contributed by atoms with E-state index < -0.39 is 0 Å². The number of hydrogen-bond acceptors (Lipinski definition) is 8. The fourth-order valence-electron chi connectivity index (χ4n) is 5.75. The second-order valence-corrected chi connectivity index (χ2v) is 10.3. The molecule has 194 valence electrons. The highest BCUT2D eigenvalue weighted by Gasteiger charge is 2.30. The molecule has 2 aromatic carbocycles. The maximum absolute atomic E-state index is 9.14. The van der Waals surface area contributed by atoms with Gasteiger partial charge in [0.1, 0.15) is 29.3 Å². The van der Waals surface area contributed by atoms with Crippen molar-refractivity contribution >= 4 is 16.9 Å². The van der Waals surface area contributed by atoms with E-state index in [2.05, 4.69) is 37.6 Å². The number of nitrogens with two attached hydrogens (primary N) is 1. The van der Waals surface area contributed by atoms with Crippen LogP contribution in [0, 0.1) is 11.3 Å². The van der Waals surface area contributed by atoms with Crippen molar-refractivity contribution in [3.63, 3.8) is 0 Å². The molecule has 2 N–H and O–H groups in total. The summed E-state index contributed by atoms with van der Waals surface area (Å²) in [5.74, 6) is 1.74. The normalized spacial score (nSPS) is 20.8. The Morgan fingerprint density at radius 3 is 2.39 bits per heavy atom. The first kappa shape index (κ1) is 24.3. The number of nitriles is 1. The number of nitrogens with zero attached hydrogens (tertiary/aromatic N) is 7. The monoisotopic (exact) mass is 508 g/mol. The molecule has 1 saturated carbocycles. The van der Waals surface area contributed by atoms with Gasteiger partial charge in [-0.2, -0.15) is 10.4 Å². The van der Waals surface area contributed by atoms with Crippen LogP contribution >= 0.6 is 0 Å². The second kappa shape index (κ2) is 10.4. The van der Waals surface area contributed by atoms with Gasteiger partial charge in [-0.05, 0) is 75.2 Å². The van der Waals surface area contributed by atoms with Crippen molar-refractivity contribution in [3.8, 4) is 28.8 Å². The molecule has 1 saturated heterocycles. The number of ether oxygens (including phenoxy) is 1. The predicted molar refractivity (Wildman–Crippen MR) is 147 cm³/mol. The van der Waals surface area contributed by atoms with E-state index in [1.54, 1.807) is 12.1 Å². The number of piperazine rings is 1. The average Bonchev–Trinajstić information content (AvgIpc) is 3.35. The van der Waals surface area contributed by atoms with E-state index in [1.807, 2.05) is 36.4 Å². The Balaban J connectivity index is 1.23. The molecule has 4 aromatic rings. The van der Waals surface area contributed by atoms with Gasteiger partial charge in [0.15, 0.2) is 5.65 Å². The van der Waals surface area contributed by atoms with Crippen molar-refractivity contribution in [3.05, 3.63) is 60.4 Å². The molecule has 9 heteroatoms. The van der Waals surface area contributed by atoms with Gasteiger partial charge in [0.2, 0.25) is 0 Å². The van der Waals surface area contributed by atoms with E-state index in [0.29, 0.717) is 35.0 Å². The zero-order valence-electron chi connectivity index (χ0n) is 21.6. The van der Waals surface area contributed by atoms with E-state index in [1.165, 1.54) is 19.2 Å². The van der Waals surface area contributed by atoms with Gasteiger partial charge in [-0.25, -0.2) is 14.6 Å². The molecular formula is C29H32N8O. The van der Waals surface area contributed by atoms with Crippen molar-refractivity contribution < 1.29 is 4.74 Å². The van der Waals surface area contributed by atoms with E-state index in [4.69, 9.17) is 20.8 Å². The molecular weight excluding hydrogens is 476 g/mol. The van der Waals surface area contributed by atoms with Crippen molar-refractivity contribution in [2.45, 2.75) is 37.8 Å². The molecule has 3 heterocycles. The smallest absolute Gasteiger partial charge is 0.164 e. The molecule has 38 heavy (non-hydrogen) atoms. The topological polar surface area (TPSA) is 109 Å². The van der Waals surface area contributed by atoms with Crippen LogP contribution in [0.15, 0.2) is 54.9 Å². The van der Waals surface area contributed by atoms with Crippen LogP contribution in [0.1, 0.15) is 37.3 Å². The third-order valence-corrected chi connectivity index (χ3v) is 7.91. The lowest BCUT2D eigenvalue weighted by Gasteiger charge is -2.41. The molecule has 2 aromatic heterocycles. The summed E-state index contributed by atoms with van der Waals surface area (Å²) in [6.07, 6.45) is 6.02. The zero-order chi connectivity index (χ0) is 26.1. The first-order valence-electron chi connectivity index (χ1n) is 13.3. The van der Waals surface area contributed by atoms with Gasteiger partial charge in [0, 0.05) is 37.8 Å². The van der Waals surface area contributed by atoms with E-state index in [-0.39, 0.29) is 0 Å². The molecule has 2 fully saturated rings. The Bertz CT molecular complexity index is 1460. The van der Waals surface area contributed by atoms with Gasteiger partial charge >= 0.3 is 0 Å². The van der Waals surface area contributed by atoms with Crippen molar-refractivity contribution in [1.82, 2.24) is 29.5 Å². The number of likely N-dealkylation sites (N-methyl/N-ethyl adjacent to an activating group) is 1. The average molecular weight is 509 g/mol. The van der Waals surface area contributed by atoms with Gasteiger partial charge in [-0.3, -0.25) is 4.90 Å². The van der Waals surface area contributed by atoms with Crippen LogP contribution < -0.4 is 10.5 Å². The number of rotatable bonds is 5. The predicted octanol–water partition coefficient (Wildman–Crippen LogP) is 4.47. The lowest BCUT2D eigenvalue weighted by molar-refractivity contribution is 0.0815. The van der Waals surface area contributed by atoms with Crippen molar-refractivity contribution in [2.75, 3.05) is 39.0 Å². The number of hydrogen-bond donors (Lipinski definition) is 1. The number of nitrogen functional groups attached to an aromatic ring is 1. The minimum atomic E-state index is 0.291. The second-order valence-electron chi connectivity index (χ2n) is 10.3. The van der Waals surface area contributed by atoms with Crippen LogP contribution in [0.4, 0.5) is 5.82 Å². The number of benzene rings is 2. The van der Waals surface area contributed by atoms with Crippen molar-refractivity contribution in [2.24, 2.45) is 0 Å². The Kier molecular flexibility index (Phi) is 6.66. The minimum absolute atomic E-state index is 0.291. The van der Waals surface area contributed by atoms with Gasteiger partial charge in [0.25, 0.3) is 0 Å². The minimum Gasteiger partial charge on any atom is -0.457 e.